The zero-order valence-corrected chi connectivity index (χ0v) is 10.1. The molecule has 0 aliphatic heterocycles. The molecule has 3 rings (SSSR count). The summed E-state index contributed by atoms with van der Waals surface area (Å²) in [7, 11) is 0. The van der Waals surface area contributed by atoms with Crippen molar-refractivity contribution in [3.8, 4) is 0 Å². The molecular weight excluding hydrogens is 232 g/mol. The zero-order chi connectivity index (χ0) is 12.5. The molecule has 1 aliphatic rings. The lowest BCUT2D eigenvalue weighted by Crippen LogP contribution is -2.11. The third-order valence-electron chi connectivity index (χ3n) is 2.59. The molecule has 1 aliphatic carbocycles. The second-order valence-electron chi connectivity index (χ2n) is 4.56. The van der Waals surface area contributed by atoms with Crippen LogP contribution in [-0.4, -0.2) is 32.9 Å². The van der Waals surface area contributed by atoms with Gasteiger partial charge in [-0.3, -0.25) is 0 Å². The monoisotopic (exact) mass is 246 g/mol. The first-order valence-electron chi connectivity index (χ1n) is 5.87. The summed E-state index contributed by atoms with van der Waals surface area (Å²) >= 11 is 0. The second kappa shape index (κ2) is 4.25. The number of aromatic nitrogens is 4. The number of rotatable bonds is 5. The lowest BCUT2D eigenvalue weighted by molar-refractivity contribution is 0.314. The van der Waals surface area contributed by atoms with Gasteiger partial charge in [0.2, 0.25) is 11.3 Å². The van der Waals surface area contributed by atoms with Crippen molar-refractivity contribution in [3.63, 3.8) is 0 Å². The Morgan fingerprint density at radius 2 is 1.94 bits per heavy atom. The highest BCUT2D eigenvalue weighted by Crippen LogP contribution is 2.28. The first-order valence-corrected chi connectivity index (χ1v) is 5.87. The number of nitrogens with one attached hydrogen (secondary N) is 2. The van der Waals surface area contributed by atoms with Crippen LogP contribution in [0, 0.1) is 0 Å². The van der Waals surface area contributed by atoms with Gasteiger partial charge in [0.1, 0.15) is 0 Å². The average Bonchev–Trinajstić information content (AvgIpc) is 3.03. The van der Waals surface area contributed by atoms with E-state index in [1.807, 2.05) is 6.92 Å². The maximum Gasteiger partial charge on any atom is 0.245 e. The highest BCUT2D eigenvalue weighted by Gasteiger charge is 2.24. The van der Waals surface area contributed by atoms with Gasteiger partial charge in [-0.25, -0.2) is 14.6 Å². The van der Waals surface area contributed by atoms with Crippen LogP contribution in [-0.2, 0) is 0 Å². The summed E-state index contributed by atoms with van der Waals surface area (Å²) in [5, 5.41) is 13.9. The van der Waals surface area contributed by atoms with Crippen molar-refractivity contribution in [1.82, 2.24) is 20.3 Å². The van der Waals surface area contributed by atoms with E-state index in [0.717, 1.165) is 18.4 Å². The van der Waals surface area contributed by atoms with Crippen LogP contribution in [0.5, 0.6) is 0 Å². The number of hydrogen-bond acceptors (Lipinski definition) is 7. The summed E-state index contributed by atoms with van der Waals surface area (Å²) in [5.74, 6) is 1.36. The SMILES string of the molecule is C=C(C)CNc1nc2nonc2nc1NC1CC1. The molecule has 18 heavy (non-hydrogen) atoms. The van der Waals surface area contributed by atoms with E-state index in [-0.39, 0.29) is 0 Å². The number of hydrogen-bond donors (Lipinski definition) is 2. The van der Waals surface area contributed by atoms with Crippen LogP contribution < -0.4 is 10.6 Å². The van der Waals surface area contributed by atoms with Crippen molar-refractivity contribution in [2.45, 2.75) is 25.8 Å². The smallest absolute Gasteiger partial charge is 0.245 e. The quantitative estimate of drug-likeness (QED) is 0.774. The Kier molecular flexibility index (Phi) is 2.58. The van der Waals surface area contributed by atoms with Crippen LogP contribution in [0.1, 0.15) is 19.8 Å². The van der Waals surface area contributed by atoms with E-state index in [1.54, 1.807) is 0 Å². The largest absolute Gasteiger partial charge is 0.364 e. The van der Waals surface area contributed by atoms with Gasteiger partial charge in [-0.05, 0) is 30.1 Å². The van der Waals surface area contributed by atoms with Gasteiger partial charge in [0.05, 0.1) is 0 Å². The molecule has 94 valence electrons. The van der Waals surface area contributed by atoms with Gasteiger partial charge in [0.15, 0.2) is 11.6 Å². The summed E-state index contributed by atoms with van der Waals surface area (Å²) in [6, 6.07) is 0.488. The minimum Gasteiger partial charge on any atom is -0.364 e. The highest BCUT2D eigenvalue weighted by atomic mass is 16.6. The Labute approximate surface area is 104 Å². The van der Waals surface area contributed by atoms with E-state index >= 15 is 0 Å². The molecule has 2 N–H and O–H groups in total. The Morgan fingerprint density at radius 1 is 1.28 bits per heavy atom. The number of anilines is 2. The normalized spacial score (nSPS) is 14.7. The Bertz CT molecular complexity index is 588. The summed E-state index contributed by atoms with van der Waals surface area (Å²) in [6.07, 6.45) is 2.33. The topological polar surface area (TPSA) is 88.8 Å². The molecule has 7 heteroatoms. The minimum absolute atomic E-state index is 0.403. The van der Waals surface area contributed by atoms with Crippen molar-refractivity contribution in [3.05, 3.63) is 12.2 Å². The lowest BCUT2D eigenvalue weighted by atomic mass is 10.3. The van der Waals surface area contributed by atoms with Crippen LogP contribution in [0.15, 0.2) is 16.8 Å². The minimum atomic E-state index is 0.403. The third kappa shape index (κ3) is 2.24. The van der Waals surface area contributed by atoms with E-state index in [1.165, 1.54) is 0 Å². The van der Waals surface area contributed by atoms with E-state index in [0.29, 0.717) is 35.5 Å². The van der Waals surface area contributed by atoms with Crippen LogP contribution in [0.25, 0.3) is 11.3 Å². The van der Waals surface area contributed by atoms with Gasteiger partial charge in [-0.1, -0.05) is 12.2 Å². The molecule has 0 bridgehead atoms. The summed E-state index contributed by atoms with van der Waals surface area (Å²) in [4.78, 5) is 8.70. The molecule has 0 radical (unpaired) electrons. The van der Waals surface area contributed by atoms with Gasteiger partial charge in [-0.15, -0.1) is 0 Å². The molecule has 7 nitrogen and oxygen atoms in total. The van der Waals surface area contributed by atoms with E-state index in [2.05, 4.69) is 42.1 Å². The molecule has 0 spiro atoms. The van der Waals surface area contributed by atoms with Crippen LogP contribution in [0.2, 0.25) is 0 Å². The summed E-state index contributed by atoms with van der Waals surface area (Å²) < 4.78 is 4.62. The molecule has 0 aromatic carbocycles. The molecule has 0 atom stereocenters. The third-order valence-corrected chi connectivity index (χ3v) is 2.59. The fourth-order valence-electron chi connectivity index (χ4n) is 1.52. The molecule has 0 amide bonds. The fraction of sp³-hybridized carbons (Fsp3) is 0.455. The van der Waals surface area contributed by atoms with Gasteiger partial charge in [0, 0.05) is 12.6 Å². The molecule has 1 fully saturated rings. The average molecular weight is 246 g/mol. The van der Waals surface area contributed by atoms with Crippen LogP contribution in [0.4, 0.5) is 11.6 Å². The lowest BCUT2D eigenvalue weighted by Gasteiger charge is -2.10. The van der Waals surface area contributed by atoms with E-state index in [4.69, 9.17) is 0 Å². The highest BCUT2D eigenvalue weighted by molar-refractivity contribution is 5.73. The van der Waals surface area contributed by atoms with E-state index in [9.17, 15) is 0 Å². The molecule has 2 heterocycles. The molecule has 0 saturated heterocycles. The van der Waals surface area contributed by atoms with Crippen molar-refractivity contribution in [2.75, 3.05) is 17.2 Å². The van der Waals surface area contributed by atoms with Crippen LogP contribution >= 0.6 is 0 Å². The Morgan fingerprint density at radius 3 is 2.56 bits per heavy atom. The maximum atomic E-state index is 4.62. The predicted octanol–water partition coefficient (Wildman–Crippen LogP) is 1.58. The standard InChI is InChI=1S/C11H14N6O/c1-6(2)5-12-8-9(13-7-3-4-7)15-11-10(14-8)16-18-17-11/h7H,1,3-5H2,2H3,(H,12,14,16)(H,13,15,17). The molecule has 2 aromatic rings. The van der Waals surface area contributed by atoms with Crippen molar-refractivity contribution in [1.29, 1.82) is 0 Å². The van der Waals surface area contributed by atoms with Gasteiger partial charge in [0.25, 0.3) is 0 Å². The molecular formula is C11H14N6O. The first kappa shape index (κ1) is 10.9. The summed E-state index contributed by atoms with van der Waals surface area (Å²) in [5.41, 5.74) is 1.84. The van der Waals surface area contributed by atoms with Gasteiger partial charge >= 0.3 is 0 Å². The summed E-state index contributed by atoms with van der Waals surface area (Å²) in [6.45, 7) is 6.44. The second-order valence-corrected chi connectivity index (χ2v) is 4.56. The van der Waals surface area contributed by atoms with Gasteiger partial charge in [-0.2, -0.15) is 0 Å². The van der Waals surface area contributed by atoms with Crippen molar-refractivity contribution >= 4 is 22.9 Å². The molecule has 0 unspecified atom stereocenters. The predicted molar refractivity (Wildman–Crippen MR) is 67.3 cm³/mol. The van der Waals surface area contributed by atoms with Gasteiger partial charge < -0.3 is 10.6 Å². The van der Waals surface area contributed by atoms with Crippen molar-refractivity contribution in [2.24, 2.45) is 0 Å². The van der Waals surface area contributed by atoms with Crippen molar-refractivity contribution < 1.29 is 4.63 Å². The molecule has 2 aromatic heterocycles. The Balaban J connectivity index is 1.92. The maximum absolute atomic E-state index is 4.62. The Hall–Kier alpha value is -2.18. The van der Waals surface area contributed by atoms with Crippen LogP contribution in [0.3, 0.4) is 0 Å². The number of fused-ring (bicyclic) bond motifs is 1. The first-order chi connectivity index (χ1) is 8.72. The van der Waals surface area contributed by atoms with E-state index < -0.39 is 0 Å². The fourth-order valence-corrected chi connectivity index (χ4v) is 1.52. The zero-order valence-electron chi connectivity index (χ0n) is 10.1. The number of nitrogens with zero attached hydrogens (tertiary/aromatic N) is 4. The molecule has 1 saturated carbocycles.